The molecule has 1 amide bonds. The van der Waals surface area contributed by atoms with E-state index < -0.39 is 0 Å². The number of hydrogen-bond donors (Lipinski definition) is 0. The Labute approximate surface area is 125 Å². The number of aromatic nitrogens is 1. The minimum absolute atomic E-state index is 0.136. The van der Waals surface area contributed by atoms with Crippen molar-refractivity contribution in [3.63, 3.8) is 0 Å². The molecule has 2 aromatic rings. The number of benzene rings is 1. The van der Waals surface area contributed by atoms with E-state index in [-0.39, 0.29) is 5.91 Å². The Kier molecular flexibility index (Phi) is 4.26. The second kappa shape index (κ2) is 6.50. The molecular weight excluding hydrogens is 262 g/mol. The second-order valence-corrected chi connectivity index (χ2v) is 5.30. The van der Waals surface area contributed by atoms with E-state index in [0.717, 1.165) is 38.3 Å². The maximum Gasteiger partial charge on any atom is 0.253 e. The number of amides is 1. The summed E-state index contributed by atoms with van der Waals surface area (Å²) in [5.74, 6) is 0.136. The van der Waals surface area contributed by atoms with Gasteiger partial charge in [0.25, 0.3) is 5.91 Å². The van der Waals surface area contributed by atoms with Gasteiger partial charge in [0.05, 0.1) is 0 Å². The van der Waals surface area contributed by atoms with E-state index in [0.29, 0.717) is 0 Å². The van der Waals surface area contributed by atoms with Gasteiger partial charge in [0.15, 0.2) is 0 Å². The summed E-state index contributed by atoms with van der Waals surface area (Å²) in [5, 5.41) is 0. The summed E-state index contributed by atoms with van der Waals surface area (Å²) < 4.78 is 0. The van der Waals surface area contributed by atoms with Gasteiger partial charge >= 0.3 is 0 Å². The van der Waals surface area contributed by atoms with Crippen LogP contribution in [0, 0.1) is 0 Å². The number of nitrogens with zero attached hydrogens (tertiary/aromatic N) is 3. The van der Waals surface area contributed by atoms with Crippen LogP contribution in [0.2, 0.25) is 0 Å². The van der Waals surface area contributed by atoms with Gasteiger partial charge in [-0.05, 0) is 23.8 Å². The van der Waals surface area contributed by atoms with Gasteiger partial charge in [-0.15, -0.1) is 0 Å². The van der Waals surface area contributed by atoms with E-state index >= 15 is 0 Å². The maximum absolute atomic E-state index is 12.4. The van der Waals surface area contributed by atoms with Crippen LogP contribution in [0.25, 0.3) is 0 Å². The molecule has 4 heteroatoms. The second-order valence-electron chi connectivity index (χ2n) is 5.30. The Morgan fingerprint density at radius 3 is 2.43 bits per heavy atom. The molecule has 1 aromatic carbocycles. The molecule has 108 valence electrons. The lowest BCUT2D eigenvalue weighted by Gasteiger charge is -2.34. The molecule has 1 fully saturated rings. The molecular formula is C17H19N3O. The molecule has 1 aliphatic heterocycles. The van der Waals surface area contributed by atoms with E-state index in [1.807, 2.05) is 47.5 Å². The molecule has 0 saturated carbocycles. The average molecular weight is 281 g/mol. The van der Waals surface area contributed by atoms with Crippen molar-refractivity contribution in [1.82, 2.24) is 14.8 Å². The van der Waals surface area contributed by atoms with Crippen LogP contribution in [-0.4, -0.2) is 46.9 Å². The molecule has 21 heavy (non-hydrogen) atoms. The lowest BCUT2D eigenvalue weighted by atomic mass is 10.1. The van der Waals surface area contributed by atoms with Crippen molar-refractivity contribution in [2.45, 2.75) is 6.54 Å². The summed E-state index contributed by atoms with van der Waals surface area (Å²) in [5.41, 5.74) is 2.00. The van der Waals surface area contributed by atoms with Crippen molar-refractivity contribution in [2.75, 3.05) is 26.2 Å². The van der Waals surface area contributed by atoms with E-state index in [1.54, 1.807) is 6.20 Å². The van der Waals surface area contributed by atoms with Crippen molar-refractivity contribution in [3.8, 4) is 0 Å². The fraction of sp³-hybridized carbons (Fsp3) is 0.294. The molecule has 1 aliphatic rings. The van der Waals surface area contributed by atoms with E-state index in [2.05, 4.69) is 16.0 Å². The Bertz CT molecular complexity index is 577. The third-order valence-electron chi connectivity index (χ3n) is 3.81. The van der Waals surface area contributed by atoms with Gasteiger partial charge < -0.3 is 4.90 Å². The van der Waals surface area contributed by atoms with Gasteiger partial charge in [0.2, 0.25) is 0 Å². The van der Waals surface area contributed by atoms with Crippen molar-refractivity contribution in [1.29, 1.82) is 0 Å². The summed E-state index contributed by atoms with van der Waals surface area (Å²) in [7, 11) is 0. The number of hydrogen-bond acceptors (Lipinski definition) is 3. The molecule has 1 saturated heterocycles. The first kappa shape index (κ1) is 13.8. The predicted octanol–water partition coefficient (Wildman–Crippen LogP) is 2.04. The number of pyridine rings is 1. The highest BCUT2D eigenvalue weighted by Gasteiger charge is 2.21. The van der Waals surface area contributed by atoms with Crippen LogP contribution in [0.15, 0.2) is 54.9 Å². The minimum Gasteiger partial charge on any atom is -0.336 e. The molecule has 0 spiro atoms. The highest BCUT2D eigenvalue weighted by atomic mass is 16.2. The van der Waals surface area contributed by atoms with Gasteiger partial charge in [0.1, 0.15) is 0 Å². The molecule has 4 nitrogen and oxygen atoms in total. The van der Waals surface area contributed by atoms with Crippen molar-refractivity contribution >= 4 is 5.91 Å². The first-order valence-electron chi connectivity index (χ1n) is 7.28. The summed E-state index contributed by atoms with van der Waals surface area (Å²) in [6.45, 7) is 4.30. The van der Waals surface area contributed by atoms with Crippen LogP contribution in [-0.2, 0) is 6.54 Å². The van der Waals surface area contributed by atoms with Crippen molar-refractivity contribution < 1.29 is 4.79 Å². The first-order valence-corrected chi connectivity index (χ1v) is 7.28. The number of carbonyl (C=O) groups is 1. The lowest BCUT2D eigenvalue weighted by molar-refractivity contribution is 0.0628. The van der Waals surface area contributed by atoms with Crippen LogP contribution in [0.3, 0.4) is 0 Å². The summed E-state index contributed by atoms with van der Waals surface area (Å²) in [6.07, 6.45) is 3.70. The Morgan fingerprint density at radius 2 is 1.76 bits per heavy atom. The Balaban J connectivity index is 1.54. The summed E-state index contributed by atoms with van der Waals surface area (Å²) in [6, 6.07) is 13.6. The number of rotatable bonds is 3. The van der Waals surface area contributed by atoms with E-state index in [1.165, 1.54) is 5.56 Å². The third-order valence-corrected chi connectivity index (χ3v) is 3.81. The zero-order chi connectivity index (χ0) is 14.5. The molecule has 0 N–H and O–H groups in total. The standard InChI is InChI=1S/C17H19N3O/c21-17(16-6-2-1-3-7-16)20-11-9-19(10-12-20)14-15-5-4-8-18-13-15/h1-8,13H,9-12,14H2. The molecule has 0 radical (unpaired) electrons. The van der Waals surface area contributed by atoms with Crippen LogP contribution >= 0.6 is 0 Å². The lowest BCUT2D eigenvalue weighted by Crippen LogP contribution is -2.48. The summed E-state index contributed by atoms with van der Waals surface area (Å²) in [4.78, 5) is 20.8. The largest absolute Gasteiger partial charge is 0.336 e. The van der Waals surface area contributed by atoms with E-state index in [9.17, 15) is 4.79 Å². The monoisotopic (exact) mass is 281 g/mol. The molecule has 0 bridgehead atoms. The molecule has 0 aliphatic carbocycles. The van der Waals surface area contributed by atoms with Gasteiger partial charge in [-0.2, -0.15) is 0 Å². The van der Waals surface area contributed by atoms with Crippen LogP contribution in [0.1, 0.15) is 15.9 Å². The Morgan fingerprint density at radius 1 is 1.00 bits per heavy atom. The van der Waals surface area contributed by atoms with Gasteiger partial charge in [-0.25, -0.2) is 0 Å². The van der Waals surface area contributed by atoms with Gasteiger partial charge in [-0.1, -0.05) is 24.3 Å². The van der Waals surface area contributed by atoms with Crippen LogP contribution < -0.4 is 0 Å². The zero-order valence-corrected chi connectivity index (χ0v) is 12.0. The highest BCUT2D eigenvalue weighted by molar-refractivity contribution is 5.94. The normalized spacial score (nSPS) is 15.9. The Hall–Kier alpha value is -2.20. The summed E-state index contributed by atoms with van der Waals surface area (Å²) >= 11 is 0. The average Bonchev–Trinajstić information content (AvgIpc) is 2.57. The third kappa shape index (κ3) is 3.47. The zero-order valence-electron chi connectivity index (χ0n) is 12.0. The molecule has 0 unspecified atom stereocenters. The minimum atomic E-state index is 0.136. The smallest absolute Gasteiger partial charge is 0.253 e. The van der Waals surface area contributed by atoms with Crippen LogP contribution in [0.5, 0.6) is 0 Å². The molecule has 3 rings (SSSR count). The fourth-order valence-corrected chi connectivity index (χ4v) is 2.62. The van der Waals surface area contributed by atoms with Crippen molar-refractivity contribution in [3.05, 3.63) is 66.0 Å². The topological polar surface area (TPSA) is 36.4 Å². The SMILES string of the molecule is O=C(c1ccccc1)N1CCN(Cc2cccnc2)CC1. The molecule has 1 aromatic heterocycles. The quantitative estimate of drug-likeness (QED) is 0.864. The van der Waals surface area contributed by atoms with Crippen LogP contribution in [0.4, 0.5) is 0 Å². The van der Waals surface area contributed by atoms with Crippen molar-refractivity contribution in [2.24, 2.45) is 0 Å². The van der Waals surface area contributed by atoms with E-state index in [4.69, 9.17) is 0 Å². The maximum atomic E-state index is 12.4. The van der Waals surface area contributed by atoms with Gasteiger partial charge in [-0.3, -0.25) is 14.7 Å². The number of piperazine rings is 1. The van der Waals surface area contributed by atoms with Gasteiger partial charge in [0, 0.05) is 50.7 Å². The highest BCUT2D eigenvalue weighted by Crippen LogP contribution is 2.11. The fourth-order valence-electron chi connectivity index (χ4n) is 2.62. The first-order chi connectivity index (χ1) is 10.3. The predicted molar refractivity (Wildman–Crippen MR) is 81.9 cm³/mol. The number of carbonyl (C=O) groups excluding carboxylic acids is 1. The molecule has 0 atom stereocenters. The molecule has 2 heterocycles.